The van der Waals surface area contributed by atoms with Crippen LogP contribution in [-0.4, -0.2) is 29.5 Å². The van der Waals surface area contributed by atoms with E-state index < -0.39 is 6.10 Å². The van der Waals surface area contributed by atoms with Crippen molar-refractivity contribution < 1.29 is 19.0 Å². The third kappa shape index (κ3) is 2.28. The van der Waals surface area contributed by atoms with Gasteiger partial charge in [0.05, 0.1) is 14.2 Å². The predicted octanol–water partition coefficient (Wildman–Crippen LogP) is 1.81. The SMILES string of the molecule is COc1ccc(-c2nnc(C(C)O)o2)cc1OC. The van der Waals surface area contributed by atoms with Crippen LogP contribution in [0.4, 0.5) is 0 Å². The van der Waals surface area contributed by atoms with E-state index in [0.717, 1.165) is 0 Å². The van der Waals surface area contributed by atoms with Gasteiger partial charge in [0.1, 0.15) is 6.10 Å². The number of methoxy groups -OCH3 is 2. The number of nitrogens with zero attached hydrogens (tertiary/aromatic N) is 2. The lowest BCUT2D eigenvalue weighted by Gasteiger charge is -2.07. The van der Waals surface area contributed by atoms with Crippen LogP contribution in [0.5, 0.6) is 11.5 Å². The second kappa shape index (κ2) is 5.05. The molecule has 0 fully saturated rings. The van der Waals surface area contributed by atoms with Crippen molar-refractivity contribution in [3.05, 3.63) is 24.1 Å². The Kier molecular flexibility index (Phi) is 3.47. The minimum Gasteiger partial charge on any atom is -0.493 e. The molecule has 0 amide bonds. The van der Waals surface area contributed by atoms with Gasteiger partial charge in [-0.3, -0.25) is 0 Å². The van der Waals surface area contributed by atoms with E-state index in [4.69, 9.17) is 13.9 Å². The molecule has 2 aromatic rings. The molecule has 1 unspecified atom stereocenters. The minimum atomic E-state index is -0.786. The third-order valence-corrected chi connectivity index (χ3v) is 2.43. The second-order valence-electron chi connectivity index (χ2n) is 3.69. The highest BCUT2D eigenvalue weighted by molar-refractivity contribution is 5.59. The van der Waals surface area contributed by atoms with Crippen LogP contribution in [0.2, 0.25) is 0 Å². The third-order valence-electron chi connectivity index (χ3n) is 2.43. The molecule has 1 aromatic heterocycles. The highest BCUT2D eigenvalue weighted by Gasteiger charge is 2.14. The highest BCUT2D eigenvalue weighted by Crippen LogP contribution is 2.32. The van der Waals surface area contributed by atoms with E-state index in [-0.39, 0.29) is 5.89 Å². The number of rotatable bonds is 4. The zero-order chi connectivity index (χ0) is 13.1. The molecule has 1 heterocycles. The molecule has 1 aromatic carbocycles. The maximum Gasteiger partial charge on any atom is 0.248 e. The van der Waals surface area contributed by atoms with E-state index in [1.165, 1.54) is 0 Å². The van der Waals surface area contributed by atoms with E-state index in [2.05, 4.69) is 10.2 Å². The Morgan fingerprint density at radius 1 is 1.17 bits per heavy atom. The predicted molar refractivity (Wildman–Crippen MR) is 63.5 cm³/mol. The fourth-order valence-corrected chi connectivity index (χ4v) is 1.49. The lowest BCUT2D eigenvalue weighted by molar-refractivity contribution is 0.163. The molecule has 6 heteroatoms. The Labute approximate surface area is 104 Å². The lowest BCUT2D eigenvalue weighted by Crippen LogP contribution is -1.90. The molecule has 6 nitrogen and oxygen atoms in total. The van der Waals surface area contributed by atoms with Gasteiger partial charge < -0.3 is 19.0 Å². The molecular formula is C12H14N2O4. The Morgan fingerprint density at radius 2 is 1.89 bits per heavy atom. The highest BCUT2D eigenvalue weighted by atomic mass is 16.5. The van der Waals surface area contributed by atoms with Crippen LogP contribution in [0.1, 0.15) is 18.9 Å². The molecule has 18 heavy (non-hydrogen) atoms. The molecule has 1 N–H and O–H groups in total. The van der Waals surface area contributed by atoms with Crippen molar-refractivity contribution in [3.63, 3.8) is 0 Å². The number of aromatic nitrogens is 2. The van der Waals surface area contributed by atoms with Crippen molar-refractivity contribution in [2.75, 3.05) is 14.2 Å². The van der Waals surface area contributed by atoms with Gasteiger partial charge in [0, 0.05) is 5.56 Å². The molecule has 1 atom stereocenters. The van der Waals surface area contributed by atoms with Crippen LogP contribution < -0.4 is 9.47 Å². The van der Waals surface area contributed by atoms with Crippen molar-refractivity contribution in [1.29, 1.82) is 0 Å². The van der Waals surface area contributed by atoms with Crippen molar-refractivity contribution in [2.45, 2.75) is 13.0 Å². The van der Waals surface area contributed by atoms with Gasteiger partial charge in [-0.25, -0.2) is 0 Å². The van der Waals surface area contributed by atoms with Crippen LogP contribution in [0, 0.1) is 0 Å². The van der Waals surface area contributed by atoms with E-state index >= 15 is 0 Å². The summed E-state index contributed by atoms with van der Waals surface area (Å²) in [6, 6.07) is 5.26. The summed E-state index contributed by atoms with van der Waals surface area (Å²) in [6.07, 6.45) is -0.786. The number of benzene rings is 1. The van der Waals surface area contributed by atoms with E-state index in [1.54, 1.807) is 39.3 Å². The van der Waals surface area contributed by atoms with Gasteiger partial charge in [0.25, 0.3) is 0 Å². The summed E-state index contributed by atoms with van der Waals surface area (Å²) < 4.78 is 15.7. The topological polar surface area (TPSA) is 77.6 Å². The van der Waals surface area contributed by atoms with Crippen molar-refractivity contribution >= 4 is 0 Å². The van der Waals surface area contributed by atoms with Gasteiger partial charge in [0.15, 0.2) is 11.5 Å². The summed E-state index contributed by atoms with van der Waals surface area (Å²) in [5, 5.41) is 16.9. The Balaban J connectivity index is 2.38. The number of hydrogen-bond acceptors (Lipinski definition) is 6. The smallest absolute Gasteiger partial charge is 0.248 e. The normalized spacial score (nSPS) is 12.2. The summed E-state index contributed by atoms with van der Waals surface area (Å²) in [5.41, 5.74) is 0.701. The first-order valence-corrected chi connectivity index (χ1v) is 5.39. The summed E-state index contributed by atoms with van der Waals surface area (Å²) >= 11 is 0. The molecule has 0 radical (unpaired) electrons. The van der Waals surface area contributed by atoms with Crippen LogP contribution >= 0.6 is 0 Å². The number of ether oxygens (including phenoxy) is 2. The van der Waals surface area contributed by atoms with Crippen molar-refractivity contribution in [1.82, 2.24) is 10.2 Å². The van der Waals surface area contributed by atoms with Crippen molar-refractivity contribution in [2.24, 2.45) is 0 Å². The zero-order valence-electron chi connectivity index (χ0n) is 10.4. The summed E-state index contributed by atoms with van der Waals surface area (Å²) in [7, 11) is 3.12. The van der Waals surface area contributed by atoms with Crippen LogP contribution in [0.3, 0.4) is 0 Å². The fraction of sp³-hybridized carbons (Fsp3) is 0.333. The number of hydrogen-bond donors (Lipinski definition) is 1. The van der Waals surface area contributed by atoms with Gasteiger partial charge in [-0.1, -0.05) is 0 Å². The first kappa shape index (κ1) is 12.4. The molecule has 0 bridgehead atoms. The molecule has 0 spiro atoms. The van der Waals surface area contributed by atoms with Gasteiger partial charge in [-0.2, -0.15) is 0 Å². The van der Waals surface area contributed by atoms with Crippen LogP contribution in [-0.2, 0) is 0 Å². The first-order chi connectivity index (χ1) is 8.65. The molecular weight excluding hydrogens is 236 g/mol. The quantitative estimate of drug-likeness (QED) is 0.891. The van der Waals surface area contributed by atoms with Crippen LogP contribution in [0.15, 0.2) is 22.6 Å². The molecule has 0 aliphatic carbocycles. The van der Waals surface area contributed by atoms with Gasteiger partial charge in [-0.15, -0.1) is 10.2 Å². The molecule has 0 saturated carbocycles. The molecule has 0 aliphatic heterocycles. The largest absolute Gasteiger partial charge is 0.493 e. The second-order valence-corrected chi connectivity index (χ2v) is 3.69. The Bertz CT molecular complexity index is 537. The average molecular weight is 250 g/mol. The standard InChI is InChI=1S/C12H14N2O4/c1-7(15)11-13-14-12(18-11)8-4-5-9(16-2)10(6-8)17-3/h4-7,15H,1-3H3. The Morgan fingerprint density at radius 3 is 2.44 bits per heavy atom. The van der Waals surface area contributed by atoms with Gasteiger partial charge in [0.2, 0.25) is 11.8 Å². The molecule has 2 rings (SSSR count). The molecule has 0 saturated heterocycles. The average Bonchev–Trinajstić information content (AvgIpc) is 2.87. The summed E-state index contributed by atoms with van der Waals surface area (Å²) in [5.74, 6) is 1.70. The summed E-state index contributed by atoms with van der Waals surface area (Å²) in [4.78, 5) is 0. The van der Waals surface area contributed by atoms with E-state index in [1.807, 2.05) is 0 Å². The zero-order valence-corrected chi connectivity index (χ0v) is 10.4. The van der Waals surface area contributed by atoms with Gasteiger partial charge in [-0.05, 0) is 25.1 Å². The monoisotopic (exact) mass is 250 g/mol. The number of aliphatic hydroxyl groups is 1. The van der Waals surface area contributed by atoms with Crippen molar-refractivity contribution in [3.8, 4) is 23.0 Å². The van der Waals surface area contributed by atoms with Crippen LogP contribution in [0.25, 0.3) is 11.5 Å². The minimum absolute atomic E-state index is 0.180. The fourth-order valence-electron chi connectivity index (χ4n) is 1.49. The summed E-state index contributed by atoms with van der Waals surface area (Å²) in [6.45, 7) is 1.56. The number of aliphatic hydroxyl groups excluding tert-OH is 1. The van der Waals surface area contributed by atoms with E-state index in [0.29, 0.717) is 23.0 Å². The maximum atomic E-state index is 9.33. The first-order valence-electron chi connectivity index (χ1n) is 5.39. The van der Waals surface area contributed by atoms with Gasteiger partial charge >= 0.3 is 0 Å². The molecule has 0 aliphatic rings. The maximum absolute atomic E-state index is 9.33. The van der Waals surface area contributed by atoms with E-state index in [9.17, 15) is 5.11 Å². The Hall–Kier alpha value is -2.08. The molecule has 96 valence electrons. The lowest BCUT2D eigenvalue weighted by atomic mass is 10.2.